The zero-order valence-corrected chi connectivity index (χ0v) is 10.0. The van der Waals surface area contributed by atoms with Gasteiger partial charge in [0.05, 0.1) is 5.54 Å². The molecule has 1 atom stereocenters. The van der Waals surface area contributed by atoms with Crippen LogP contribution in [0.25, 0.3) is 0 Å². The Kier molecular flexibility index (Phi) is 4.11. The first-order valence-corrected chi connectivity index (χ1v) is 5.65. The van der Waals surface area contributed by atoms with Crippen molar-refractivity contribution < 1.29 is 4.79 Å². The van der Waals surface area contributed by atoms with E-state index in [-0.39, 0.29) is 5.91 Å². The van der Waals surface area contributed by atoms with Crippen molar-refractivity contribution in [1.82, 2.24) is 10.2 Å². The van der Waals surface area contributed by atoms with Crippen LogP contribution in [-0.4, -0.2) is 43.0 Å². The first-order chi connectivity index (χ1) is 6.89. The zero-order valence-electron chi connectivity index (χ0n) is 10.0. The summed E-state index contributed by atoms with van der Waals surface area (Å²) in [5.74, 6) is 0.671. The largest absolute Gasteiger partial charge is 0.355 e. The van der Waals surface area contributed by atoms with Gasteiger partial charge in [0.1, 0.15) is 0 Å². The number of nitrogens with one attached hydrogen (secondary N) is 1. The minimum Gasteiger partial charge on any atom is -0.355 e. The average Bonchev–Trinajstić information content (AvgIpc) is 2.49. The molecule has 1 aliphatic heterocycles. The number of carbonyl (C=O) groups is 1. The van der Waals surface area contributed by atoms with E-state index in [1.807, 2.05) is 0 Å². The van der Waals surface area contributed by atoms with Crippen LogP contribution in [0.15, 0.2) is 0 Å². The molecule has 88 valence electrons. The second-order valence-corrected chi connectivity index (χ2v) is 5.18. The maximum absolute atomic E-state index is 11.5. The third kappa shape index (κ3) is 4.18. The quantitative estimate of drug-likeness (QED) is 0.700. The van der Waals surface area contributed by atoms with Crippen molar-refractivity contribution in [2.45, 2.75) is 32.2 Å². The molecule has 0 aromatic heterocycles. The zero-order chi connectivity index (χ0) is 11.5. The summed E-state index contributed by atoms with van der Waals surface area (Å²) >= 11 is 0. The van der Waals surface area contributed by atoms with Crippen molar-refractivity contribution in [3.8, 4) is 0 Å². The number of nitrogens with two attached hydrogens (primary N) is 1. The van der Waals surface area contributed by atoms with Gasteiger partial charge in [0.25, 0.3) is 0 Å². The smallest absolute Gasteiger partial charge is 0.239 e. The normalized spacial score (nSPS) is 23.1. The second kappa shape index (κ2) is 4.94. The van der Waals surface area contributed by atoms with Gasteiger partial charge in [0, 0.05) is 13.1 Å². The van der Waals surface area contributed by atoms with E-state index in [0.717, 1.165) is 25.4 Å². The highest BCUT2D eigenvalue weighted by molar-refractivity contribution is 5.84. The van der Waals surface area contributed by atoms with Gasteiger partial charge in [-0.15, -0.1) is 0 Å². The van der Waals surface area contributed by atoms with Gasteiger partial charge >= 0.3 is 0 Å². The highest BCUT2D eigenvalue weighted by Crippen LogP contribution is 2.16. The van der Waals surface area contributed by atoms with Crippen LogP contribution in [0.2, 0.25) is 0 Å². The highest BCUT2D eigenvalue weighted by Gasteiger charge is 2.23. The Labute approximate surface area is 92.2 Å². The molecule has 1 saturated heterocycles. The lowest BCUT2D eigenvalue weighted by molar-refractivity contribution is -0.125. The molecule has 1 fully saturated rings. The number of hydrogen-bond acceptors (Lipinski definition) is 3. The summed E-state index contributed by atoms with van der Waals surface area (Å²) in [5.41, 5.74) is 4.92. The van der Waals surface area contributed by atoms with E-state index in [0.29, 0.717) is 0 Å². The van der Waals surface area contributed by atoms with Gasteiger partial charge in [0.15, 0.2) is 0 Å². The third-order valence-electron chi connectivity index (χ3n) is 2.91. The Hall–Kier alpha value is -0.610. The lowest BCUT2D eigenvalue weighted by atomic mass is 10.0. The van der Waals surface area contributed by atoms with Crippen molar-refractivity contribution in [2.75, 3.05) is 26.7 Å². The van der Waals surface area contributed by atoms with E-state index in [2.05, 4.69) is 17.3 Å². The van der Waals surface area contributed by atoms with Gasteiger partial charge in [0.2, 0.25) is 5.91 Å². The van der Waals surface area contributed by atoms with E-state index in [9.17, 15) is 4.79 Å². The number of carbonyl (C=O) groups excluding carboxylic acids is 1. The molecule has 1 unspecified atom stereocenters. The fourth-order valence-electron chi connectivity index (χ4n) is 1.88. The van der Waals surface area contributed by atoms with Crippen molar-refractivity contribution in [3.05, 3.63) is 0 Å². The van der Waals surface area contributed by atoms with Crippen LogP contribution in [-0.2, 0) is 4.79 Å². The minimum absolute atomic E-state index is 0.0612. The van der Waals surface area contributed by atoms with Crippen LogP contribution in [0.4, 0.5) is 0 Å². The van der Waals surface area contributed by atoms with Gasteiger partial charge in [-0.05, 0) is 46.2 Å². The maximum atomic E-state index is 11.5. The Bertz CT molecular complexity index is 222. The summed E-state index contributed by atoms with van der Waals surface area (Å²) in [6.07, 6.45) is 2.31. The van der Waals surface area contributed by atoms with Crippen LogP contribution in [0.1, 0.15) is 26.7 Å². The van der Waals surface area contributed by atoms with Gasteiger partial charge < -0.3 is 16.0 Å². The molecule has 1 amide bonds. The topological polar surface area (TPSA) is 58.4 Å². The van der Waals surface area contributed by atoms with Gasteiger partial charge in [-0.25, -0.2) is 0 Å². The lowest BCUT2D eigenvalue weighted by Crippen LogP contribution is -2.49. The SMILES string of the molecule is CN1CCC(CCNC(=O)C(C)(C)N)C1. The summed E-state index contributed by atoms with van der Waals surface area (Å²) in [7, 11) is 2.14. The summed E-state index contributed by atoms with van der Waals surface area (Å²) in [6, 6.07) is 0. The van der Waals surface area contributed by atoms with Gasteiger partial charge in [-0.2, -0.15) is 0 Å². The van der Waals surface area contributed by atoms with E-state index in [1.165, 1.54) is 13.0 Å². The number of amides is 1. The monoisotopic (exact) mass is 213 g/mol. The maximum Gasteiger partial charge on any atom is 0.239 e. The first-order valence-electron chi connectivity index (χ1n) is 5.65. The van der Waals surface area contributed by atoms with Gasteiger partial charge in [-0.3, -0.25) is 4.79 Å². The molecule has 4 nitrogen and oxygen atoms in total. The standard InChI is InChI=1S/C11H23N3O/c1-11(2,12)10(15)13-6-4-9-5-7-14(3)8-9/h9H,4-8,12H2,1-3H3,(H,13,15). The molecule has 3 N–H and O–H groups in total. The molecule has 1 rings (SSSR count). The van der Waals surface area contributed by atoms with Crippen LogP contribution in [0.5, 0.6) is 0 Å². The van der Waals surface area contributed by atoms with Crippen molar-refractivity contribution in [3.63, 3.8) is 0 Å². The molecular weight excluding hydrogens is 190 g/mol. The predicted octanol–water partition coefficient (Wildman–Crippen LogP) is 0.182. The Balaban J connectivity index is 2.14. The van der Waals surface area contributed by atoms with Gasteiger partial charge in [-0.1, -0.05) is 0 Å². The summed E-state index contributed by atoms with van der Waals surface area (Å²) in [5, 5.41) is 2.88. The number of likely N-dealkylation sites (tertiary alicyclic amines) is 1. The molecule has 0 bridgehead atoms. The molecule has 0 aromatic rings. The molecule has 1 heterocycles. The fourth-order valence-corrected chi connectivity index (χ4v) is 1.88. The van der Waals surface area contributed by atoms with Crippen molar-refractivity contribution >= 4 is 5.91 Å². The predicted molar refractivity (Wildman–Crippen MR) is 61.5 cm³/mol. The Morgan fingerprint density at radius 2 is 2.27 bits per heavy atom. The van der Waals surface area contributed by atoms with Crippen molar-refractivity contribution in [2.24, 2.45) is 11.7 Å². The van der Waals surface area contributed by atoms with Crippen LogP contribution < -0.4 is 11.1 Å². The van der Waals surface area contributed by atoms with E-state index in [4.69, 9.17) is 5.73 Å². The highest BCUT2D eigenvalue weighted by atomic mass is 16.2. The molecule has 15 heavy (non-hydrogen) atoms. The molecule has 0 saturated carbocycles. The molecule has 0 aliphatic carbocycles. The van der Waals surface area contributed by atoms with E-state index < -0.39 is 5.54 Å². The molecule has 0 radical (unpaired) electrons. The fraction of sp³-hybridized carbons (Fsp3) is 0.909. The number of nitrogens with zero attached hydrogens (tertiary/aromatic N) is 1. The summed E-state index contributed by atoms with van der Waals surface area (Å²) in [6.45, 7) is 6.54. The Morgan fingerprint density at radius 3 is 2.73 bits per heavy atom. The van der Waals surface area contributed by atoms with Crippen LogP contribution in [0, 0.1) is 5.92 Å². The summed E-state index contributed by atoms with van der Waals surface area (Å²) < 4.78 is 0. The first kappa shape index (κ1) is 12.5. The van der Waals surface area contributed by atoms with Crippen LogP contribution in [0.3, 0.4) is 0 Å². The molecule has 0 spiro atoms. The second-order valence-electron chi connectivity index (χ2n) is 5.18. The number of hydrogen-bond donors (Lipinski definition) is 2. The minimum atomic E-state index is -0.757. The summed E-state index contributed by atoms with van der Waals surface area (Å²) in [4.78, 5) is 13.8. The van der Waals surface area contributed by atoms with Crippen LogP contribution >= 0.6 is 0 Å². The molecule has 0 aromatic carbocycles. The van der Waals surface area contributed by atoms with Crippen molar-refractivity contribution in [1.29, 1.82) is 0 Å². The molecular formula is C11H23N3O. The van der Waals surface area contributed by atoms with E-state index >= 15 is 0 Å². The molecule has 1 aliphatic rings. The lowest BCUT2D eigenvalue weighted by Gasteiger charge is -2.18. The average molecular weight is 213 g/mol. The Morgan fingerprint density at radius 1 is 1.60 bits per heavy atom. The number of rotatable bonds is 4. The molecule has 4 heteroatoms. The third-order valence-corrected chi connectivity index (χ3v) is 2.91. The van der Waals surface area contributed by atoms with E-state index in [1.54, 1.807) is 13.8 Å².